The SMILES string of the molecule is C#N.N=O.O.O=NO.S. The highest BCUT2D eigenvalue weighted by atomic mass is 32.1. The van der Waals surface area contributed by atoms with Gasteiger partial charge in [0.15, 0.2) is 5.34 Å². The molecule has 0 aliphatic carbocycles. The maximum Gasteiger partial charge on any atom is 0.152 e. The maximum atomic E-state index is 8.11. The molecule has 0 aromatic rings. The minimum atomic E-state index is 0. The van der Waals surface area contributed by atoms with E-state index in [9.17, 15) is 0 Å². The van der Waals surface area contributed by atoms with Gasteiger partial charge in [-0.25, -0.2) is 5.26 Å². The van der Waals surface area contributed by atoms with Crippen LogP contribution in [-0.4, -0.2) is 10.7 Å². The molecule has 0 aromatic heterocycles. The Morgan fingerprint density at radius 1 is 1.44 bits per heavy atom. The second-order valence-corrected chi connectivity index (χ2v) is 0.0816. The Labute approximate surface area is 57.7 Å². The zero-order valence-corrected chi connectivity index (χ0v) is 5.24. The lowest BCUT2D eigenvalue weighted by atomic mass is 11.9. The summed E-state index contributed by atoms with van der Waals surface area (Å²) >= 11 is 0. The molecule has 56 valence electrons. The number of hydrogen-bond donors (Lipinski definition) is 2. The molecular formula is CH7N3O4S. The molecule has 0 spiro atoms. The van der Waals surface area contributed by atoms with Crippen LogP contribution in [0.3, 0.4) is 0 Å². The van der Waals surface area contributed by atoms with Crippen molar-refractivity contribution >= 4 is 13.5 Å². The molecule has 0 atom stereocenters. The third-order valence-corrected chi connectivity index (χ3v) is 0. The zero-order chi connectivity index (χ0) is 6.71. The van der Waals surface area contributed by atoms with Gasteiger partial charge in [0.05, 0.1) is 0 Å². The van der Waals surface area contributed by atoms with E-state index in [0.717, 1.165) is 0 Å². The first-order valence-electron chi connectivity index (χ1n) is 0.845. The molecule has 4 N–H and O–H groups in total. The molecule has 0 bridgehead atoms. The molecule has 0 amide bonds. The Balaban J connectivity index is -0.00000000825. The lowest BCUT2D eigenvalue weighted by Crippen LogP contribution is -1.25. The smallest absolute Gasteiger partial charge is 0.152 e. The predicted octanol–water partition coefficient (Wildman–Crippen LogP) is -0.0986. The second-order valence-electron chi connectivity index (χ2n) is 0.0816. The van der Waals surface area contributed by atoms with Gasteiger partial charge in [-0.1, -0.05) is 5.59 Å². The van der Waals surface area contributed by atoms with Gasteiger partial charge in [-0.15, -0.1) is 4.91 Å². The van der Waals surface area contributed by atoms with Crippen LogP contribution in [0.25, 0.3) is 0 Å². The van der Waals surface area contributed by atoms with E-state index in [1.165, 1.54) is 5.34 Å². The van der Waals surface area contributed by atoms with Gasteiger partial charge >= 0.3 is 0 Å². The Morgan fingerprint density at radius 2 is 1.44 bits per heavy atom. The van der Waals surface area contributed by atoms with Crippen molar-refractivity contribution in [3.8, 4) is 6.57 Å². The van der Waals surface area contributed by atoms with Gasteiger partial charge in [0, 0.05) is 6.57 Å². The first-order chi connectivity index (χ1) is 3.41. The average Bonchev–Trinajstić information content (AvgIpc) is 1.78. The van der Waals surface area contributed by atoms with Crippen molar-refractivity contribution < 1.29 is 10.7 Å². The van der Waals surface area contributed by atoms with Gasteiger partial charge in [0.1, 0.15) is 0 Å². The summed E-state index contributed by atoms with van der Waals surface area (Å²) in [5.74, 6) is 0. The molecule has 0 rings (SSSR count). The molecule has 0 fully saturated rings. The van der Waals surface area contributed by atoms with Crippen molar-refractivity contribution in [1.82, 2.24) is 0 Å². The number of nitroso groups, excluding NO2 is 1. The van der Waals surface area contributed by atoms with Crippen molar-refractivity contribution in [1.29, 1.82) is 10.9 Å². The molecule has 0 unspecified atom stereocenters. The Bertz CT molecular complexity index is 48.3. The lowest BCUT2D eigenvalue weighted by Gasteiger charge is -1.32. The first-order valence-corrected chi connectivity index (χ1v) is 0.845. The van der Waals surface area contributed by atoms with Crippen LogP contribution in [0.15, 0.2) is 5.34 Å². The van der Waals surface area contributed by atoms with Crippen LogP contribution in [0.5, 0.6) is 0 Å². The van der Waals surface area contributed by atoms with Crippen molar-refractivity contribution in [3.05, 3.63) is 9.81 Å². The van der Waals surface area contributed by atoms with Gasteiger partial charge in [-0.05, 0) is 0 Å². The summed E-state index contributed by atoms with van der Waals surface area (Å²) < 4.78 is 0. The summed E-state index contributed by atoms with van der Waals surface area (Å²) in [5.41, 5.74) is 4.50. The van der Waals surface area contributed by atoms with E-state index >= 15 is 0 Å². The summed E-state index contributed by atoms with van der Waals surface area (Å²) in [6, 6.07) is 0. The predicted molar refractivity (Wildman–Crippen MR) is 34.3 cm³/mol. The van der Waals surface area contributed by atoms with Crippen LogP contribution >= 0.6 is 13.5 Å². The monoisotopic (exact) mass is 157 g/mol. The Hall–Kier alpha value is -1.20. The fourth-order valence-electron chi connectivity index (χ4n) is 0. The van der Waals surface area contributed by atoms with Crippen molar-refractivity contribution in [3.63, 3.8) is 0 Å². The molecule has 0 aliphatic rings. The number of rotatable bonds is 0. The zero-order valence-electron chi connectivity index (χ0n) is 4.24. The van der Waals surface area contributed by atoms with E-state index in [-0.39, 0.29) is 19.0 Å². The van der Waals surface area contributed by atoms with Gasteiger partial charge in [0.2, 0.25) is 0 Å². The quantitative estimate of drug-likeness (QED) is 0.373. The molecule has 0 saturated heterocycles. The van der Waals surface area contributed by atoms with Crippen molar-refractivity contribution in [2.24, 2.45) is 5.34 Å². The molecule has 0 saturated carbocycles. The van der Waals surface area contributed by atoms with Crippen LogP contribution in [0.4, 0.5) is 0 Å². The van der Waals surface area contributed by atoms with Gasteiger partial charge in [-0.2, -0.15) is 18.4 Å². The third-order valence-electron chi connectivity index (χ3n) is 0. The molecule has 0 heterocycles. The summed E-state index contributed by atoms with van der Waals surface area (Å²) in [6.07, 6.45) is 0. The average molecular weight is 157 g/mol. The lowest BCUT2D eigenvalue weighted by molar-refractivity contribution is 0.312. The fraction of sp³-hybridized carbons (Fsp3) is 0. The number of hydrogen-bond acceptors (Lipinski definition) is 5. The van der Waals surface area contributed by atoms with E-state index in [1.807, 2.05) is 0 Å². The standard InChI is InChI=1S/CHN.HNO2.HNO.H2O.H2S/c1-2;2-1-3;1-2;;/h1H;(H,2,3);1H;2*1H2. The Morgan fingerprint density at radius 3 is 1.44 bits per heavy atom. The fourth-order valence-corrected chi connectivity index (χ4v) is 0. The van der Waals surface area contributed by atoms with Gasteiger partial charge in [-0.3, -0.25) is 0 Å². The second kappa shape index (κ2) is 5720. The normalized spacial score (nSPS) is 2.00. The molecular weight excluding hydrogens is 150 g/mol. The summed E-state index contributed by atoms with van der Waals surface area (Å²) in [7, 11) is 0. The molecule has 0 aromatic carbocycles. The van der Waals surface area contributed by atoms with Crippen LogP contribution in [0.2, 0.25) is 0 Å². The van der Waals surface area contributed by atoms with E-state index in [4.69, 9.17) is 20.3 Å². The van der Waals surface area contributed by atoms with Crippen LogP contribution < -0.4 is 0 Å². The minimum absolute atomic E-state index is 0. The molecule has 7 nitrogen and oxygen atoms in total. The van der Waals surface area contributed by atoms with Gasteiger partial charge in [0.25, 0.3) is 0 Å². The van der Waals surface area contributed by atoms with E-state index in [1.54, 1.807) is 0 Å². The molecule has 0 aliphatic heterocycles. The van der Waals surface area contributed by atoms with Crippen LogP contribution in [-0.2, 0) is 0 Å². The molecule has 0 radical (unpaired) electrons. The number of nitriles is 1. The van der Waals surface area contributed by atoms with Gasteiger partial charge < -0.3 is 10.7 Å². The largest absolute Gasteiger partial charge is 0.412 e. The third kappa shape index (κ3) is 109. The number of nitrogens with one attached hydrogen (secondary N) is 1. The molecule has 8 heteroatoms. The van der Waals surface area contributed by atoms with E-state index in [0.29, 0.717) is 0 Å². The summed E-state index contributed by atoms with van der Waals surface area (Å²) in [6.45, 7) is 3.50. The van der Waals surface area contributed by atoms with Crippen molar-refractivity contribution in [2.75, 3.05) is 0 Å². The van der Waals surface area contributed by atoms with Crippen LogP contribution in [0, 0.1) is 27.2 Å². The van der Waals surface area contributed by atoms with Crippen LogP contribution in [0.1, 0.15) is 0 Å². The van der Waals surface area contributed by atoms with Crippen molar-refractivity contribution in [2.45, 2.75) is 0 Å². The summed E-state index contributed by atoms with van der Waals surface area (Å²) in [4.78, 5) is 15.6. The highest BCUT2D eigenvalue weighted by molar-refractivity contribution is 7.59. The minimum Gasteiger partial charge on any atom is -0.412 e. The number of nitrogens with zero attached hydrogens (tertiary/aromatic N) is 2. The highest BCUT2D eigenvalue weighted by Crippen LogP contribution is 1.25. The van der Waals surface area contributed by atoms with E-state index < -0.39 is 0 Å². The first kappa shape index (κ1) is 46.0. The van der Waals surface area contributed by atoms with E-state index in [2.05, 4.69) is 12.2 Å². The highest BCUT2D eigenvalue weighted by Gasteiger charge is 1.18. The Kier molecular flexibility index (Phi) is 29200. The summed E-state index contributed by atoms with van der Waals surface area (Å²) in [5, 5.41) is 14.4. The molecule has 9 heavy (non-hydrogen) atoms. The topological polar surface area (TPSA) is 146 Å². The maximum absolute atomic E-state index is 8.11.